The fraction of sp³-hybridized carbons (Fsp3) is 1.00. The van der Waals surface area contributed by atoms with Crippen LogP contribution in [0.5, 0.6) is 0 Å². The molecule has 4 atom stereocenters. The van der Waals surface area contributed by atoms with Crippen LogP contribution in [0.15, 0.2) is 0 Å². The van der Waals surface area contributed by atoms with Gasteiger partial charge in [-0.25, -0.2) is 0 Å². The van der Waals surface area contributed by atoms with Crippen molar-refractivity contribution in [2.45, 2.75) is 57.5 Å². The first kappa shape index (κ1) is 13.4. The third-order valence-electron chi connectivity index (χ3n) is 3.82. The van der Waals surface area contributed by atoms with Gasteiger partial charge in [-0.2, -0.15) is 11.8 Å². The van der Waals surface area contributed by atoms with Gasteiger partial charge in [0.1, 0.15) is 0 Å². The smallest absolute Gasteiger partial charge is 0.00926 e. The Morgan fingerprint density at radius 1 is 1.27 bits per heavy atom. The lowest BCUT2D eigenvalue weighted by Gasteiger charge is -2.36. The molecule has 0 aromatic rings. The predicted molar refractivity (Wildman–Crippen MR) is 71.2 cm³/mol. The van der Waals surface area contributed by atoms with Crippen molar-refractivity contribution in [3.63, 3.8) is 0 Å². The summed E-state index contributed by atoms with van der Waals surface area (Å²) >= 11 is 2.19. The largest absolute Gasteiger partial charge is 0.330 e. The maximum absolute atomic E-state index is 5.88. The Bertz CT molecular complexity index is 181. The van der Waals surface area contributed by atoms with E-state index in [-0.39, 0.29) is 0 Å². The van der Waals surface area contributed by atoms with Gasteiger partial charge in [-0.1, -0.05) is 34.1 Å². The number of hydrogen-bond donors (Lipinski definition) is 1. The number of rotatable bonds is 4. The molecule has 90 valence electrons. The fourth-order valence-corrected chi connectivity index (χ4v) is 4.04. The van der Waals surface area contributed by atoms with Crippen molar-refractivity contribution in [1.29, 1.82) is 0 Å². The van der Waals surface area contributed by atoms with E-state index in [1.807, 2.05) is 0 Å². The summed E-state index contributed by atoms with van der Waals surface area (Å²) < 4.78 is 0. The normalized spacial score (nSPS) is 34.4. The van der Waals surface area contributed by atoms with Gasteiger partial charge in [0, 0.05) is 10.5 Å². The molecule has 2 heteroatoms. The van der Waals surface area contributed by atoms with Crippen LogP contribution in [0.2, 0.25) is 0 Å². The van der Waals surface area contributed by atoms with E-state index in [1.165, 1.54) is 19.3 Å². The Morgan fingerprint density at radius 2 is 1.93 bits per heavy atom. The molecule has 0 spiro atoms. The van der Waals surface area contributed by atoms with Crippen LogP contribution in [0.4, 0.5) is 0 Å². The topological polar surface area (TPSA) is 26.0 Å². The van der Waals surface area contributed by atoms with E-state index < -0.39 is 0 Å². The van der Waals surface area contributed by atoms with E-state index in [4.69, 9.17) is 5.73 Å². The highest BCUT2D eigenvalue weighted by molar-refractivity contribution is 8.00. The Hall–Kier alpha value is 0.310. The van der Waals surface area contributed by atoms with Crippen molar-refractivity contribution in [1.82, 2.24) is 0 Å². The lowest BCUT2D eigenvalue weighted by atomic mass is 9.82. The van der Waals surface area contributed by atoms with Crippen molar-refractivity contribution in [3.8, 4) is 0 Å². The lowest BCUT2D eigenvalue weighted by Crippen LogP contribution is -2.33. The monoisotopic (exact) mass is 229 g/mol. The third-order valence-corrected chi connectivity index (χ3v) is 5.72. The summed E-state index contributed by atoms with van der Waals surface area (Å²) in [6.07, 6.45) is 4.11. The van der Waals surface area contributed by atoms with Gasteiger partial charge >= 0.3 is 0 Å². The molecule has 0 saturated heterocycles. The average Bonchev–Trinajstić information content (AvgIpc) is 2.18. The zero-order valence-corrected chi connectivity index (χ0v) is 11.5. The van der Waals surface area contributed by atoms with Gasteiger partial charge in [-0.3, -0.25) is 0 Å². The first-order valence-corrected chi connectivity index (χ1v) is 7.34. The molecule has 1 saturated carbocycles. The Labute approximate surface area is 99.6 Å². The van der Waals surface area contributed by atoms with Crippen molar-refractivity contribution in [3.05, 3.63) is 0 Å². The van der Waals surface area contributed by atoms with Crippen molar-refractivity contribution < 1.29 is 0 Å². The molecule has 0 radical (unpaired) electrons. The molecule has 0 aromatic carbocycles. The van der Waals surface area contributed by atoms with Gasteiger partial charge in [0.05, 0.1) is 0 Å². The molecule has 0 heterocycles. The second kappa shape index (κ2) is 6.15. The minimum Gasteiger partial charge on any atom is -0.330 e. The molecule has 15 heavy (non-hydrogen) atoms. The summed E-state index contributed by atoms with van der Waals surface area (Å²) in [7, 11) is 0. The zero-order valence-electron chi connectivity index (χ0n) is 10.7. The average molecular weight is 229 g/mol. The zero-order chi connectivity index (χ0) is 11.4. The van der Waals surface area contributed by atoms with E-state index >= 15 is 0 Å². The molecule has 1 nitrogen and oxygen atoms in total. The Morgan fingerprint density at radius 3 is 2.47 bits per heavy atom. The van der Waals surface area contributed by atoms with Crippen LogP contribution in [-0.4, -0.2) is 17.0 Å². The van der Waals surface area contributed by atoms with E-state index in [9.17, 15) is 0 Å². The number of hydrogen-bond acceptors (Lipinski definition) is 2. The van der Waals surface area contributed by atoms with Crippen LogP contribution in [0.25, 0.3) is 0 Å². The molecular formula is C13H27NS. The minimum atomic E-state index is 0.771. The standard InChI is InChI=1S/C13H27NS/c1-9(2)11(4)15-13-7-10(3)5-6-12(13)8-14/h9-13H,5-8,14H2,1-4H3. The first-order valence-electron chi connectivity index (χ1n) is 6.40. The van der Waals surface area contributed by atoms with Gasteiger partial charge in [-0.15, -0.1) is 0 Å². The van der Waals surface area contributed by atoms with Gasteiger partial charge in [0.25, 0.3) is 0 Å². The summed E-state index contributed by atoms with van der Waals surface area (Å²) in [5.74, 6) is 2.46. The Balaban J connectivity index is 2.48. The molecule has 1 fully saturated rings. The van der Waals surface area contributed by atoms with Crippen LogP contribution in [0.3, 0.4) is 0 Å². The summed E-state index contributed by atoms with van der Waals surface area (Å²) in [5.41, 5.74) is 5.88. The highest BCUT2D eigenvalue weighted by Gasteiger charge is 2.29. The van der Waals surface area contributed by atoms with E-state index in [0.717, 1.165) is 34.8 Å². The summed E-state index contributed by atoms with van der Waals surface area (Å²) in [5, 5.41) is 1.59. The second-order valence-corrected chi connectivity index (χ2v) is 7.16. The maximum atomic E-state index is 5.88. The number of thioether (sulfide) groups is 1. The van der Waals surface area contributed by atoms with E-state index in [0.29, 0.717) is 0 Å². The van der Waals surface area contributed by atoms with Gasteiger partial charge in [-0.05, 0) is 37.1 Å². The van der Waals surface area contributed by atoms with Crippen LogP contribution >= 0.6 is 11.8 Å². The first-order chi connectivity index (χ1) is 7.04. The highest BCUT2D eigenvalue weighted by Crippen LogP contribution is 2.39. The lowest BCUT2D eigenvalue weighted by molar-refractivity contribution is 0.305. The van der Waals surface area contributed by atoms with Crippen LogP contribution in [0, 0.1) is 17.8 Å². The molecule has 0 bridgehead atoms. The number of nitrogens with two attached hydrogens (primary N) is 1. The molecule has 0 aromatic heterocycles. The van der Waals surface area contributed by atoms with Crippen LogP contribution < -0.4 is 5.73 Å². The molecule has 1 rings (SSSR count). The van der Waals surface area contributed by atoms with Crippen molar-refractivity contribution >= 4 is 11.8 Å². The molecule has 1 aliphatic rings. The van der Waals surface area contributed by atoms with Gasteiger partial charge < -0.3 is 5.73 Å². The van der Waals surface area contributed by atoms with Crippen LogP contribution in [0.1, 0.15) is 47.0 Å². The Kier molecular flexibility index (Phi) is 5.48. The van der Waals surface area contributed by atoms with Gasteiger partial charge in [0.15, 0.2) is 0 Å². The molecule has 0 aliphatic heterocycles. The summed E-state index contributed by atoms with van der Waals surface area (Å²) in [4.78, 5) is 0. The fourth-order valence-electron chi connectivity index (χ4n) is 2.26. The van der Waals surface area contributed by atoms with Crippen molar-refractivity contribution in [2.75, 3.05) is 6.54 Å². The SMILES string of the molecule is CC1CCC(CN)C(SC(C)C(C)C)C1. The van der Waals surface area contributed by atoms with E-state index in [1.54, 1.807) is 0 Å². The molecule has 2 N–H and O–H groups in total. The quantitative estimate of drug-likeness (QED) is 0.798. The summed E-state index contributed by atoms with van der Waals surface area (Å²) in [6, 6.07) is 0. The third kappa shape index (κ3) is 3.99. The molecule has 1 aliphatic carbocycles. The van der Waals surface area contributed by atoms with Crippen LogP contribution in [-0.2, 0) is 0 Å². The minimum absolute atomic E-state index is 0.771. The molecule has 0 amide bonds. The molecule has 4 unspecified atom stereocenters. The second-order valence-electron chi connectivity index (χ2n) is 5.54. The van der Waals surface area contributed by atoms with E-state index in [2.05, 4.69) is 39.5 Å². The highest BCUT2D eigenvalue weighted by atomic mass is 32.2. The molecular weight excluding hydrogens is 202 g/mol. The van der Waals surface area contributed by atoms with Crippen molar-refractivity contribution in [2.24, 2.45) is 23.5 Å². The maximum Gasteiger partial charge on any atom is 0.00926 e. The van der Waals surface area contributed by atoms with Gasteiger partial charge in [0.2, 0.25) is 0 Å². The predicted octanol–water partition coefficient (Wildman–Crippen LogP) is 3.53. The summed E-state index contributed by atoms with van der Waals surface area (Å²) in [6.45, 7) is 10.3.